The lowest BCUT2D eigenvalue weighted by atomic mass is 9.74. The van der Waals surface area contributed by atoms with Crippen molar-refractivity contribution in [3.63, 3.8) is 0 Å². The summed E-state index contributed by atoms with van der Waals surface area (Å²) in [7, 11) is 0. The van der Waals surface area contributed by atoms with Crippen LogP contribution in [0.3, 0.4) is 0 Å². The zero-order valence-electron chi connectivity index (χ0n) is 19.4. The Morgan fingerprint density at radius 3 is 2.50 bits per heavy atom. The van der Waals surface area contributed by atoms with Gasteiger partial charge in [-0.25, -0.2) is 4.79 Å². The van der Waals surface area contributed by atoms with Crippen molar-refractivity contribution in [2.75, 3.05) is 24.5 Å². The van der Waals surface area contributed by atoms with Gasteiger partial charge in [-0.1, -0.05) is 54.1 Å². The number of urea groups is 1. The van der Waals surface area contributed by atoms with Crippen LogP contribution in [0.25, 0.3) is 10.8 Å². The van der Waals surface area contributed by atoms with Gasteiger partial charge >= 0.3 is 6.03 Å². The third kappa shape index (κ3) is 3.88. The Bertz CT molecular complexity index is 1140. The van der Waals surface area contributed by atoms with Crippen LogP contribution in [0.5, 0.6) is 0 Å². The Kier molecular flexibility index (Phi) is 5.42. The summed E-state index contributed by atoms with van der Waals surface area (Å²) in [5.41, 5.74) is 5.17. The molecular formula is C28H33N3O. The number of anilines is 1. The summed E-state index contributed by atoms with van der Waals surface area (Å²) in [5.74, 6) is 0. The lowest BCUT2D eigenvalue weighted by molar-refractivity contribution is 0.159. The van der Waals surface area contributed by atoms with Crippen molar-refractivity contribution in [3.05, 3.63) is 77.4 Å². The van der Waals surface area contributed by atoms with Crippen molar-refractivity contribution in [2.24, 2.45) is 0 Å². The second kappa shape index (κ2) is 8.25. The van der Waals surface area contributed by atoms with E-state index in [0.717, 1.165) is 44.7 Å². The molecule has 3 aromatic rings. The van der Waals surface area contributed by atoms with E-state index in [1.807, 2.05) is 18.7 Å². The van der Waals surface area contributed by atoms with E-state index in [2.05, 4.69) is 77.8 Å². The van der Waals surface area contributed by atoms with Crippen LogP contribution in [-0.2, 0) is 12.0 Å². The quantitative estimate of drug-likeness (QED) is 0.589. The van der Waals surface area contributed by atoms with Gasteiger partial charge in [-0.15, -0.1) is 0 Å². The zero-order chi connectivity index (χ0) is 22.3. The average Bonchev–Trinajstić information content (AvgIpc) is 3.08. The fraction of sp³-hybridized carbons (Fsp3) is 0.393. The molecule has 2 aliphatic rings. The molecule has 2 heterocycles. The SMILES string of the molecule is Cc1ccc2c(c1)C1(CCN(Cc3ccc4ccccc4c3)CC1)CN2C(=O)NC(C)C. The molecule has 4 nitrogen and oxygen atoms in total. The van der Waals surface area contributed by atoms with Gasteiger partial charge in [0.15, 0.2) is 0 Å². The second-order valence-corrected chi connectivity index (χ2v) is 9.95. The molecule has 5 rings (SSSR count). The van der Waals surface area contributed by atoms with Crippen molar-refractivity contribution >= 4 is 22.5 Å². The van der Waals surface area contributed by atoms with Crippen molar-refractivity contribution in [1.82, 2.24) is 10.2 Å². The normalized spacial score (nSPS) is 17.8. The minimum absolute atomic E-state index is 0.0283. The number of benzene rings is 3. The summed E-state index contributed by atoms with van der Waals surface area (Å²) in [6.45, 7) is 10.1. The lowest BCUT2D eigenvalue weighted by Crippen LogP contribution is -2.48. The van der Waals surface area contributed by atoms with E-state index in [1.54, 1.807) is 0 Å². The molecule has 0 saturated carbocycles. The average molecular weight is 428 g/mol. The molecule has 0 aliphatic carbocycles. The van der Waals surface area contributed by atoms with Crippen molar-refractivity contribution in [2.45, 2.75) is 51.6 Å². The predicted octanol–water partition coefficient (Wildman–Crippen LogP) is 5.62. The number of rotatable bonds is 3. The summed E-state index contributed by atoms with van der Waals surface area (Å²) in [4.78, 5) is 17.5. The Balaban J connectivity index is 1.33. The first-order valence-electron chi connectivity index (χ1n) is 11.8. The number of fused-ring (bicyclic) bond motifs is 3. The van der Waals surface area contributed by atoms with Gasteiger partial charge in [0, 0.05) is 30.2 Å². The molecule has 0 bridgehead atoms. The first kappa shape index (κ1) is 21.0. The molecule has 0 atom stereocenters. The molecule has 32 heavy (non-hydrogen) atoms. The third-order valence-electron chi connectivity index (χ3n) is 7.17. The molecular weight excluding hydrogens is 394 g/mol. The van der Waals surface area contributed by atoms with E-state index in [1.165, 1.54) is 27.5 Å². The van der Waals surface area contributed by atoms with E-state index < -0.39 is 0 Å². The number of carbonyl (C=O) groups excluding carboxylic acids is 1. The summed E-state index contributed by atoms with van der Waals surface area (Å²) in [6.07, 6.45) is 2.17. The van der Waals surface area contributed by atoms with Gasteiger partial charge in [0.2, 0.25) is 0 Å². The van der Waals surface area contributed by atoms with Gasteiger partial charge in [0.05, 0.1) is 0 Å². The van der Waals surface area contributed by atoms with Gasteiger partial charge in [-0.3, -0.25) is 9.80 Å². The highest BCUT2D eigenvalue weighted by Crippen LogP contribution is 2.47. The van der Waals surface area contributed by atoms with Crippen LogP contribution in [0.15, 0.2) is 60.7 Å². The van der Waals surface area contributed by atoms with Crippen LogP contribution in [0.4, 0.5) is 10.5 Å². The predicted molar refractivity (Wildman–Crippen MR) is 132 cm³/mol. The monoisotopic (exact) mass is 427 g/mol. The summed E-state index contributed by atoms with van der Waals surface area (Å²) < 4.78 is 0. The molecule has 1 fully saturated rings. The fourth-order valence-corrected chi connectivity index (χ4v) is 5.45. The van der Waals surface area contributed by atoms with Crippen molar-refractivity contribution in [1.29, 1.82) is 0 Å². The summed E-state index contributed by atoms with van der Waals surface area (Å²) >= 11 is 0. The molecule has 1 saturated heterocycles. The molecule has 2 aliphatic heterocycles. The Hall–Kier alpha value is -2.85. The van der Waals surface area contributed by atoms with Crippen LogP contribution < -0.4 is 10.2 Å². The zero-order valence-corrected chi connectivity index (χ0v) is 19.4. The number of carbonyl (C=O) groups is 1. The number of hydrogen-bond donors (Lipinski definition) is 1. The number of piperidine rings is 1. The smallest absolute Gasteiger partial charge is 0.322 e. The molecule has 4 heteroatoms. The molecule has 0 radical (unpaired) electrons. The third-order valence-corrected chi connectivity index (χ3v) is 7.17. The minimum atomic E-state index is 0.0283. The van der Waals surface area contributed by atoms with Crippen molar-refractivity contribution in [3.8, 4) is 0 Å². The van der Waals surface area contributed by atoms with Crippen LogP contribution in [-0.4, -0.2) is 36.6 Å². The first-order chi connectivity index (χ1) is 15.4. The number of nitrogens with zero attached hydrogens (tertiary/aromatic N) is 2. The number of hydrogen-bond acceptors (Lipinski definition) is 2. The van der Waals surface area contributed by atoms with E-state index in [4.69, 9.17) is 0 Å². The standard InChI is InChI=1S/C28H33N3O/c1-20(2)29-27(32)31-19-28(25-16-21(3)8-11-26(25)31)12-14-30(15-13-28)18-22-9-10-23-6-4-5-7-24(23)17-22/h4-11,16-17,20H,12-15,18-19H2,1-3H3,(H,29,32). The molecule has 0 aromatic heterocycles. The number of amides is 2. The number of aryl methyl sites for hydroxylation is 1. The van der Waals surface area contributed by atoms with Crippen LogP contribution >= 0.6 is 0 Å². The van der Waals surface area contributed by atoms with Crippen molar-refractivity contribution < 1.29 is 4.79 Å². The first-order valence-corrected chi connectivity index (χ1v) is 11.8. The van der Waals surface area contributed by atoms with E-state index in [9.17, 15) is 4.79 Å². The van der Waals surface area contributed by atoms with E-state index in [-0.39, 0.29) is 17.5 Å². The highest BCUT2D eigenvalue weighted by atomic mass is 16.2. The highest BCUT2D eigenvalue weighted by molar-refractivity contribution is 5.95. The topological polar surface area (TPSA) is 35.6 Å². The van der Waals surface area contributed by atoms with Crippen LogP contribution in [0.1, 0.15) is 43.4 Å². The Morgan fingerprint density at radius 2 is 1.75 bits per heavy atom. The van der Waals surface area contributed by atoms with Gasteiger partial charge in [-0.05, 0) is 80.7 Å². The molecule has 1 spiro atoms. The molecule has 166 valence electrons. The lowest BCUT2D eigenvalue weighted by Gasteiger charge is -2.40. The molecule has 2 amide bonds. The minimum Gasteiger partial charge on any atom is -0.336 e. The molecule has 1 N–H and O–H groups in total. The summed E-state index contributed by atoms with van der Waals surface area (Å²) in [5, 5.41) is 5.70. The summed E-state index contributed by atoms with van der Waals surface area (Å²) in [6, 6.07) is 22.1. The van der Waals surface area contributed by atoms with Crippen LogP contribution in [0, 0.1) is 6.92 Å². The maximum Gasteiger partial charge on any atom is 0.322 e. The maximum atomic E-state index is 12.9. The highest BCUT2D eigenvalue weighted by Gasteiger charge is 2.46. The van der Waals surface area contributed by atoms with E-state index in [0.29, 0.717) is 0 Å². The Morgan fingerprint density at radius 1 is 1.00 bits per heavy atom. The number of likely N-dealkylation sites (tertiary alicyclic amines) is 1. The largest absolute Gasteiger partial charge is 0.336 e. The molecule has 3 aromatic carbocycles. The van der Waals surface area contributed by atoms with Gasteiger partial charge in [0.1, 0.15) is 0 Å². The van der Waals surface area contributed by atoms with Gasteiger partial charge in [0.25, 0.3) is 0 Å². The maximum absolute atomic E-state index is 12.9. The van der Waals surface area contributed by atoms with E-state index >= 15 is 0 Å². The van der Waals surface area contributed by atoms with Crippen LogP contribution in [0.2, 0.25) is 0 Å². The van der Waals surface area contributed by atoms with Gasteiger partial charge in [-0.2, -0.15) is 0 Å². The van der Waals surface area contributed by atoms with Gasteiger partial charge < -0.3 is 5.32 Å². The number of nitrogens with one attached hydrogen (secondary N) is 1. The second-order valence-electron chi connectivity index (χ2n) is 9.95. The molecule has 0 unspecified atom stereocenters. The fourth-order valence-electron chi connectivity index (χ4n) is 5.45. The Labute approximate surface area is 191 Å².